The molecule has 10 heteroatoms. The molecule has 0 N–H and O–H groups in total. The van der Waals surface area contributed by atoms with Crippen LogP contribution in [0.15, 0.2) is 18.2 Å². The van der Waals surface area contributed by atoms with Crippen LogP contribution in [0.25, 0.3) is 16.3 Å². The van der Waals surface area contributed by atoms with Crippen LogP contribution in [0.1, 0.15) is 17.3 Å². The van der Waals surface area contributed by atoms with E-state index >= 15 is 0 Å². The first kappa shape index (κ1) is 15.0. The molecule has 1 saturated heterocycles. The molecule has 4 rings (SSSR count). The van der Waals surface area contributed by atoms with Crippen molar-refractivity contribution in [2.45, 2.75) is 12.3 Å². The highest BCUT2D eigenvalue weighted by Crippen LogP contribution is 2.33. The van der Waals surface area contributed by atoms with E-state index in [1.54, 1.807) is 12.1 Å². The highest BCUT2D eigenvalue weighted by Gasteiger charge is 2.32. The van der Waals surface area contributed by atoms with Crippen molar-refractivity contribution in [3.05, 3.63) is 34.0 Å². The normalized spacial score (nSPS) is 20.3. The van der Waals surface area contributed by atoms with Crippen LogP contribution in [0.4, 0.5) is 4.39 Å². The van der Waals surface area contributed by atoms with Gasteiger partial charge in [0.15, 0.2) is 21.5 Å². The monoisotopic (exact) mass is 372 g/mol. The molecular formula is C13H10ClFN4O2S2. The van der Waals surface area contributed by atoms with Crippen molar-refractivity contribution < 1.29 is 12.8 Å². The minimum absolute atomic E-state index is 0.00316. The van der Waals surface area contributed by atoms with Gasteiger partial charge in [-0.2, -0.15) is 9.61 Å². The van der Waals surface area contributed by atoms with Gasteiger partial charge in [-0.3, -0.25) is 0 Å². The maximum Gasteiger partial charge on any atom is 0.234 e. The summed E-state index contributed by atoms with van der Waals surface area (Å²) >= 11 is 7.08. The summed E-state index contributed by atoms with van der Waals surface area (Å²) in [5, 5.41) is 13.1. The van der Waals surface area contributed by atoms with E-state index in [1.165, 1.54) is 21.9 Å². The first-order valence-corrected chi connectivity index (χ1v) is 9.83. The van der Waals surface area contributed by atoms with E-state index in [9.17, 15) is 12.8 Å². The molecule has 0 spiro atoms. The Hall–Kier alpha value is -1.58. The smallest absolute Gasteiger partial charge is 0.229 e. The average Bonchev–Trinajstić information content (AvgIpc) is 3.15. The first-order valence-electron chi connectivity index (χ1n) is 6.81. The van der Waals surface area contributed by atoms with E-state index in [-0.39, 0.29) is 33.8 Å². The molecule has 0 bridgehead atoms. The SMILES string of the molecule is O=S1(=O)CC[C@@H](c2nn3c(-c4cccc(Cl)c4F)nnc3s2)C1. The fraction of sp³-hybridized carbons (Fsp3) is 0.308. The van der Waals surface area contributed by atoms with E-state index in [0.29, 0.717) is 16.4 Å². The number of hydrogen-bond donors (Lipinski definition) is 0. The average molecular weight is 373 g/mol. The minimum Gasteiger partial charge on any atom is -0.229 e. The van der Waals surface area contributed by atoms with E-state index < -0.39 is 15.7 Å². The Morgan fingerprint density at radius 2 is 2.17 bits per heavy atom. The fourth-order valence-electron chi connectivity index (χ4n) is 2.63. The van der Waals surface area contributed by atoms with Gasteiger partial charge in [0.05, 0.1) is 22.1 Å². The predicted molar refractivity (Wildman–Crippen MR) is 85.1 cm³/mol. The number of nitrogens with zero attached hydrogens (tertiary/aromatic N) is 4. The quantitative estimate of drug-likeness (QED) is 0.690. The maximum atomic E-state index is 14.2. The summed E-state index contributed by atoms with van der Waals surface area (Å²) in [7, 11) is -2.99. The molecule has 6 nitrogen and oxygen atoms in total. The molecule has 1 aromatic carbocycles. The van der Waals surface area contributed by atoms with Gasteiger partial charge in [-0.1, -0.05) is 29.0 Å². The Balaban J connectivity index is 1.80. The summed E-state index contributed by atoms with van der Waals surface area (Å²) < 4.78 is 38.9. The molecule has 0 saturated carbocycles. The lowest BCUT2D eigenvalue weighted by Crippen LogP contribution is -2.04. The standard InChI is InChI=1S/C13H10ClFN4O2S2/c14-9-3-1-2-8(10(9)15)11-16-17-13-19(11)18-12(22-13)7-4-5-23(20,21)6-7/h1-3,7H,4-6H2/t7-/m1/s1. The molecule has 23 heavy (non-hydrogen) atoms. The Labute approximate surface area is 139 Å². The third kappa shape index (κ3) is 2.52. The predicted octanol–water partition coefficient (Wildman–Crippen LogP) is 2.55. The Kier molecular flexibility index (Phi) is 3.40. The number of rotatable bonds is 2. The van der Waals surface area contributed by atoms with Crippen LogP contribution >= 0.6 is 22.9 Å². The molecule has 1 aliphatic heterocycles. The summed E-state index contributed by atoms with van der Waals surface area (Å²) in [6, 6.07) is 4.63. The zero-order chi connectivity index (χ0) is 16.2. The van der Waals surface area contributed by atoms with E-state index in [1.807, 2.05) is 0 Å². The number of benzene rings is 1. The Morgan fingerprint density at radius 3 is 2.91 bits per heavy atom. The molecule has 2 aromatic heterocycles. The highest BCUT2D eigenvalue weighted by molar-refractivity contribution is 7.91. The molecule has 0 unspecified atom stereocenters. The third-order valence-corrected chi connectivity index (χ3v) is 6.90. The molecule has 120 valence electrons. The second kappa shape index (κ2) is 5.22. The molecule has 1 fully saturated rings. The van der Waals surface area contributed by atoms with Gasteiger partial charge in [-0.25, -0.2) is 12.8 Å². The maximum absolute atomic E-state index is 14.2. The van der Waals surface area contributed by atoms with Gasteiger partial charge in [0.1, 0.15) is 5.01 Å². The Bertz CT molecular complexity index is 1010. The van der Waals surface area contributed by atoms with Gasteiger partial charge in [0.25, 0.3) is 0 Å². The summed E-state index contributed by atoms with van der Waals surface area (Å²) in [6.07, 6.45) is 0.549. The van der Waals surface area contributed by atoms with Crippen LogP contribution in [-0.4, -0.2) is 39.7 Å². The molecule has 0 aliphatic carbocycles. The lowest BCUT2D eigenvalue weighted by Gasteiger charge is -2.02. The van der Waals surface area contributed by atoms with Gasteiger partial charge >= 0.3 is 0 Å². The van der Waals surface area contributed by atoms with Crippen molar-refractivity contribution in [1.29, 1.82) is 0 Å². The minimum atomic E-state index is -2.99. The summed E-state index contributed by atoms with van der Waals surface area (Å²) in [4.78, 5) is 0.499. The number of halogens is 2. The summed E-state index contributed by atoms with van der Waals surface area (Å²) in [6.45, 7) is 0. The molecule has 3 heterocycles. The van der Waals surface area contributed by atoms with Crippen LogP contribution < -0.4 is 0 Å². The highest BCUT2D eigenvalue weighted by atomic mass is 35.5. The van der Waals surface area contributed by atoms with E-state index in [0.717, 1.165) is 0 Å². The zero-order valence-electron chi connectivity index (χ0n) is 11.6. The van der Waals surface area contributed by atoms with Gasteiger partial charge in [0.2, 0.25) is 4.96 Å². The summed E-state index contributed by atoms with van der Waals surface area (Å²) in [5.41, 5.74) is 0.209. The van der Waals surface area contributed by atoms with Crippen molar-refractivity contribution in [2.24, 2.45) is 0 Å². The van der Waals surface area contributed by atoms with Crippen molar-refractivity contribution in [3.8, 4) is 11.4 Å². The summed E-state index contributed by atoms with van der Waals surface area (Å²) in [5.74, 6) is -0.195. The van der Waals surface area contributed by atoms with Crippen LogP contribution in [-0.2, 0) is 9.84 Å². The number of fused-ring (bicyclic) bond motifs is 1. The number of aromatic nitrogens is 4. The zero-order valence-corrected chi connectivity index (χ0v) is 14.0. The first-order chi connectivity index (χ1) is 10.9. The number of sulfone groups is 1. The molecule has 1 atom stereocenters. The van der Waals surface area contributed by atoms with E-state index in [2.05, 4.69) is 15.3 Å². The van der Waals surface area contributed by atoms with Crippen molar-refractivity contribution in [3.63, 3.8) is 0 Å². The lowest BCUT2D eigenvalue weighted by atomic mass is 10.1. The molecular weight excluding hydrogens is 363 g/mol. The van der Waals surface area contributed by atoms with Crippen LogP contribution in [0.5, 0.6) is 0 Å². The molecule has 0 amide bonds. The van der Waals surface area contributed by atoms with E-state index in [4.69, 9.17) is 11.6 Å². The fourth-order valence-corrected chi connectivity index (χ4v) is 5.63. The van der Waals surface area contributed by atoms with Crippen molar-refractivity contribution in [1.82, 2.24) is 19.8 Å². The Morgan fingerprint density at radius 1 is 1.35 bits per heavy atom. The van der Waals surface area contributed by atoms with Crippen LogP contribution in [0.3, 0.4) is 0 Å². The largest absolute Gasteiger partial charge is 0.234 e. The third-order valence-electron chi connectivity index (χ3n) is 3.78. The van der Waals surface area contributed by atoms with Crippen molar-refractivity contribution in [2.75, 3.05) is 11.5 Å². The van der Waals surface area contributed by atoms with Crippen molar-refractivity contribution >= 4 is 37.7 Å². The van der Waals surface area contributed by atoms with Crippen LogP contribution in [0, 0.1) is 5.82 Å². The van der Waals surface area contributed by atoms with Gasteiger partial charge in [0, 0.05) is 5.92 Å². The topological polar surface area (TPSA) is 77.2 Å². The second-order valence-electron chi connectivity index (χ2n) is 5.36. The van der Waals surface area contributed by atoms with Gasteiger partial charge in [-0.15, -0.1) is 10.2 Å². The molecule has 3 aromatic rings. The second-order valence-corrected chi connectivity index (χ2v) is 8.98. The number of hydrogen-bond acceptors (Lipinski definition) is 6. The van der Waals surface area contributed by atoms with Gasteiger partial charge in [-0.05, 0) is 18.6 Å². The molecule has 1 aliphatic rings. The van der Waals surface area contributed by atoms with Gasteiger partial charge < -0.3 is 0 Å². The molecule has 0 radical (unpaired) electrons. The lowest BCUT2D eigenvalue weighted by molar-refractivity contribution is 0.601. The van der Waals surface area contributed by atoms with Crippen LogP contribution in [0.2, 0.25) is 5.02 Å².